The Kier molecular flexibility index (Phi) is 1.55. The molecule has 13 heavy (non-hydrogen) atoms. The van der Waals surface area contributed by atoms with Crippen LogP contribution in [0.15, 0.2) is 0 Å². The number of rotatable bonds is 2. The minimum atomic E-state index is -2.74. The molecule has 0 aromatic rings. The summed E-state index contributed by atoms with van der Waals surface area (Å²) in [5.41, 5.74) is 0. The summed E-state index contributed by atoms with van der Waals surface area (Å²) in [7, 11) is -2.74. The highest BCUT2D eigenvalue weighted by Gasteiger charge is 2.48. The Hall–Kier alpha value is -0.130. The van der Waals surface area contributed by atoms with Gasteiger partial charge < -0.3 is 0 Å². The largest absolute Gasteiger partial charge is 0.295 e. The van der Waals surface area contributed by atoms with Crippen molar-refractivity contribution in [3.05, 3.63) is 0 Å². The minimum absolute atomic E-state index is 0.312. The Bertz CT molecular complexity index is 293. The Labute approximate surface area is 78.4 Å². The molecule has 74 valence electrons. The molecule has 0 spiro atoms. The molecule has 0 aliphatic carbocycles. The molecule has 0 aromatic heterocycles. The van der Waals surface area contributed by atoms with Gasteiger partial charge in [0.1, 0.15) is 0 Å². The van der Waals surface area contributed by atoms with E-state index in [1.165, 1.54) is 0 Å². The van der Waals surface area contributed by atoms with Crippen molar-refractivity contribution in [2.45, 2.75) is 12.1 Å². The zero-order valence-electron chi connectivity index (χ0n) is 7.52. The van der Waals surface area contributed by atoms with E-state index in [0.29, 0.717) is 23.6 Å². The molecule has 0 radical (unpaired) electrons. The highest BCUT2D eigenvalue weighted by Crippen LogP contribution is 2.29. The van der Waals surface area contributed by atoms with Gasteiger partial charge in [0.05, 0.1) is 11.5 Å². The van der Waals surface area contributed by atoms with Crippen LogP contribution in [0, 0.1) is 0 Å². The van der Waals surface area contributed by atoms with Gasteiger partial charge in [0.2, 0.25) is 0 Å². The molecule has 0 saturated carbocycles. The smallest absolute Gasteiger partial charge is 0.153 e. The summed E-state index contributed by atoms with van der Waals surface area (Å²) >= 11 is 0. The van der Waals surface area contributed by atoms with E-state index >= 15 is 0 Å². The van der Waals surface area contributed by atoms with Gasteiger partial charge in [0.25, 0.3) is 0 Å². The van der Waals surface area contributed by atoms with Crippen molar-refractivity contribution in [2.24, 2.45) is 0 Å². The zero-order chi connectivity index (χ0) is 9.05. The van der Waals surface area contributed by atoms with E-state index < -0.39 is 9.84 Å². The summed E-state index contributed by atoms with van der Waals surface area (Å²) in [6.45, 7) is 4.41. The van der Waals surface area contributed by atoms with Crippen molar-refractivity contribution in [2.75, 3.05) is 37.7 Å². The molecular weight excluding hydrogens is 188 g/mol. The van der Waals surface area contributed by atoms with Gasteiger partial charge in [-0.25, -0.2) is 8.42 Å². The summed E-state index contributed by atoms with van der Waals surface area (Å²) in [5, 5.41) is 0. The van der Waals surface area contributed by atoms with E-state index in [0.717, 1.165) is 26.2 Å². The van der Waals surface area contributed by atoms with Gasteiger partial charge in [0, 0.05) is 38.3 Å². The van der Waals surface area contributed by atoms with Crippen LogP contribution in [-0.2, 0) is 9.84 Å². The van der Waals surface area contributed by atoms with E-state index in [2.05, 4.69) is 9.80 Å². The van der Waals surface area contributed by atoms with E-state index in [1.54, 1.807) is 0 Å². The van der Waals surface area contributed by atoms with Crippen LogP contribution in [0.3, 0.4) is 0 Å². The Morgan fingerprint density at radius 2 is 1.23 bits per heavy atom. The molecule has 3 aliphatic rings. The maximum absolute atomic E-state index is 11.5. The summed E-state index contributed by atoms with van der Waals surface area (Å²) in [4.78, 5) is 4.57. The topological polar surface area (TPSA) is 40.2 Å². The predicted molar refractivity (Wildman–Crippen MR) is 49.4 cm³/mol. The monoisotopic (exact) mass is 202 g/mol. The van der Waals surface area contributed by atoms with Gasteiger partial charge >= 0.3 is 0 Å². The van der Waals surface area contributed by atoms with Crippen LogP contribution < -0.4 is 0 Å². The lowest BCUT2D eigenvalue weighted by Gasteiger charge is -2.19. The lowest BCUT2D eigenvalue weighted by Crippen LogP contribution is -2.37. The third-order valence-corrected chi connectivity index (χ3v) is 4.89. The van der Waals surface area contributed by atoms with E-state index in [4.69, 9.17) is 0 Å². The van der Waals surface area contributed by atoms with Gasteiger partial charge in [-0.3, -0.25) is 9.80 Å². The van der Waals surface area contributed by atoms with Crippen molar-refractivity contribution in [3.8, 4) is 0 Å². The maximum Gasteiger partial charge on any atom is 0.153 e. The summed E-state index contributed by atoms with van der Waals surface area (Å²) in [6, 6.07) is 0.625. The van der Waals surface area contributed by atoms with Crippen LogP contribution in [0.4, 0.5) is 0 Å². The zero-order valence-corrected chi connectivity index (χ0v) is 8.33. The normalized spacial score (nSPS) is 43.7. The third kappa shape index (κ3) is 1.49. The van der Waals surface area contributed by atoms with Crippen LogP contribution in [0.2, 0.25) is 0 Å². The van der Waals surface area contributed by atoms with Crippen LogP contribution in [0.25, 0.3) is 0 Å². The molecule has 2 atom stereocenters. The molecule has 4 nitrogen and oxygen atoms in total. The standard InChI is InChI=1S/C8H14N2O2S/c11-13(12)5-7(9-1-2-9)8(6-13)10-3-4-10/h7-8H,1-6H2/t7-,8+. The Morgan fingerprint density at radius 1 is 0.846 bits per heavy atom. The fourth-order valence-corrected chi connectivity index (χ4v) is 4.33. The lowest BCUT2D eigenvalue weighted by atomic mass is 10.2. The summed E-state index contributed by atoms with van der Waals surface area (Å²) < 4.78 is 22.9. The van der Waals surface area contributed by atoms with Gasteiger partial charge in [-0.05, 0) is 0 Å². The average molecular weight is 202 g/mol. The minimum Gasteiger partial charge on any atom is -0.295 e. The molecule has 3 fully saturated rings. The van der Waals surface area contributed by atoms with Crippen LogP contribution in [0.1, 0.15) is 0 Å². The average Bonchev–Trinajstić information content (AvgIpc) is 2.90. The number of nitrogens with zero attached hydrogens (tertiary/aromatic N) is 2. The second-order valence-electron chi connectivity index (χ2n) is 4.28. The molecule has 0 amide bonds. The molecule has 0 bridgehead atoms. The molecule has 3 rings (SSSR count). The first kappa shape index (κ1) is 8.20. The quantitative estimate of drug-likeness (QED) is 0.526. The van der Waals surface area contributed by atoms with Gasteiger partial charge in [-0.1, -0.05) is 0 Å². The fraction of sp³-hybridized carbons (Fsp3) is 1.00. The molecular formula is C8H14N2O2S. The summed E-state index contributed by atoms with van der Waals surface area (Å²) in [5.74, 6) is 0.794. The Morgan fingerprint density at radius 3 is 1.54 bits per heavy atom. The highest BCUT2D eigenvalue weighted by molar-refractivity contribution is 7.91. The molecule has 0 unspecified atom stereocenters. The number of hydrogen-bond donors (Lipinski definition) is 0. The molecule has 3 saturated heterocycles. The third-order valence-electron chi connectivity index (χ3n) is 3.20. The maximum atomic E-state index is 11.5. The first-order chi connectivity index (χ1) is 6.16. The van der Waals surface area contributed by atoms with Crippen molar-refractivity contribution in [1.29, 1.82) is 0 Å². The number of sulfone groups is 1. The van der Waals surface area contributed by atoms with Crippen molar-refractivity contribution in [3.63, 3.8) is 0 Å². The predicted octanol–water partition coefficient (Wildman–Crippen LogP) is -1.22. The molecule has 3 aliphatic heterocycles. The molecule has 0 aromatic carbocycles. The second kappa shape index (κ2) is 2.46. The van der Waals surface area contributed by atoms with Crippen molar-refractivity contribution < 1.29 is 8.42 Å². The van der Waals surface area contributed by atoms with E-state index in [9.17, 15) is 8.42 Å². The Balaban J connectivity index is 1.82. The molecule has 3 heterocycles. The van der Waals surface area contributed by atoms with Crippen molar-refractivity contribution in [1.82, 2.24) is 9.80 Å². The van der Waals surface area contributed by atoms with E-state index in [-0.39, 0.29) is 0 Å². The van der Waals surface area contributed by atoms with Crippen LogP contribution >= 0.6 is 0 Å². The molecule has 0 N–H and O–H groups in total. The molecule has 5 heteroatoms. The van der Waals surface area contributed by atoms with Gasteiger partial charge in [-0.2, -0.15) is 0 Å². The highest BCUT2D eigenvalue weighted by atomic mass is 32.2. The van der Waals surface area contributed by atoms with Gasteiger partial charge in [0.15, 0.2) is 9.84 Å². The van der Waals surface area contributed by atoms with Gasteiger partial charge in [-0.15, -0.1) is 0 Å². The van der Waals surface area contributed by atoms with Crippen LogP contribution in [0.5, 0.6) is 0 Å². The summed E-state index contributed by atoms with van der Waals surface area (Å²) in [6.07, 6.45) is 0. The first-order valence-corrected chi connectivity index (χ1v) is 6.66. The lowest BCUT2D eigenvalue weighted by molar-refractivity contribution is 0.293. The second-order valence-corrected chi connectivity index (χ2v) is 6.44. The van der Waals surface area contributed by atoms with Crippen LogP contribution in [-0.4, -0.2) is 68.0 Å². The fourth-order valence-electron chi connectivity index (χ4n) is 2.29. The number of hydrogen-bond acceptors (Lipinski definition) is 4. The van der Waals surface area contributed by atoms with E-state index in [1.807, 2.05) is 0 Å². The van der Waals surface area contributed by atoms with Crippen molar-refractivity contribution >= 4 is 9.84 Å². The SMILES string of the molecule is O=S1(=O)C[C@@H](N2CC2)[C@@H](N2CC2)C1. The first-order valence-electron chi connectivity index (χ1n) is 4.84.